The molecule has 0 atom stereocenters. The van der Waals surface area contributed by atoms with Gasteiger partial charge in [-0.15, -0.1) is 0 Å². The zero-order valence-electron chi connectivity index (χ0n) is 17.0. The van der Waals surface area contributed by atoms with Crippen molar-refractivity contribution in [3.05, 3.63) is 65.7 Å². The van der Waals surface area contributed by atoms with Gasteiger partial charge in [-0.05, 0) is 42.5 Å². The molecular formula is C23H18N2O7. The minimum absolute atomic E-state index is 0.140. The monoisotopic (exact) mass is 434 g/mol. The van der Waals surface area contributed by atoms with E-state index in [1.165, 1.54) is 13.2 Å². The molecule has 0 bridgehead atoms. The highest BCUT2D eigenvalue weighted by molar-refractivity contribution is 6.10. The van der Waals surface area contributed by atoms with Crippen molar-refractivity contribution in [1.29, 1.82) is 0 Å². The second kappa shape index (κ2) is 8.03. The Bertz CT molecular complexity index is 1220. The number of benzene rings is 3. The number of methoxy groups -OCH3 is 1. The van der Waals surface area contributed by atoms with Crippen LogP contribution in [-0.2, 0) is 0 Å². The first-order chi connectivity index (χ1) is 15.6. The van der Waals surface area contributed by atoms with Gasteiger partial charge >= 0.3 is 0 Å². The highest BCUT2D eigenvalue weighted by Crippen LogP contribution is 2.35. The Hall–Kier alpha value is -4.40. The maximum Gasteiger partial charge on any atom is 0.259 e. The predicted molar refractivity (Wildman–Crippen MR) is 114 cm³/mol. The number of hydrogen-bond acceptors (Lipinski definition) is 7. The molecule has 0 fully saturated rings. The summed E-state index contributed by atoms with van der Waals surface area (Å²) in [6, 6.07) is 14.8. The standard InChI is InChI=1S/C23H18N2O7/c1-28-17-5-2-13(22(26)24-14-3-6-18-20(9-14)31-11-29-18)8-16(17)23(27)25-15-4-7-19-21(10-15)32-12-30-19/h2-10H,11-12H2,1H3,(H,24,26)(H,25,27). The van der Waals surface area contributed by atoms with Gasteiger partial charge in [-0.25, -0.2) is 0 Å². The molecule has 0 saturated carbocycles. The van der Waals surface area contributed by atoms with Crippen LogP contribution in [0.3, 0.4) is 0 Å². The van der Waals surface area contributed by atoms with Crippen LogP contribution in [0.1, 0.15) is 20.7 Å². The fourth-order valence-electron chi connectivity index (χ4n) is 3.38. The van der Waals surface area contributed by atoms with Crippen LogP contribution in [-0.4, -0.2) is 32.5 Å². The molecule has 9 nitrogen and oxygen atoms in total. The third-order valence-electron chi connectivity index (χ3n) is 4.97. The second-order valence-corrected chi connectivity index (χ2v) is 6.96. The first-order valence-corrected chi connectivity index (χ1v) is 9.71. The van der Waals surface area contributed by atoms with Crippen LogP contribution < -0.4 is 34.3 Å². The summed E-state index contributed by atoms with van der Waals surface area (Å²) >= 11 is 0. The molecule has 0 aromatic heterocycles. The lowest BCUT2D eigenvalue weighted by Gasteiger charge is -2.12. The maximum atomic E-state index is 12.9. The summed E-state index contributed by atoms with van der Waals surface area (Å²) in [6.45, 7) is 0.286. The van der Waals surface area contributed by atoms with E-state index in [1.807, 2.05) is 0 Å². The Morgan fingerprint density at radius 2 is 1.28 bits per heavy atom. The lowest BCUT2D eigenvalue weighted by Crippen LogP contribution is -2.16. The lowest BCUT2D eigenvalue weighted by atomic mass is 10.1. The van der Waals surface area contributed by atoms with Gasteiger partial charge in [-0.2, -0.15) is 0 Å². The highest BCUT2D eigenvalue weighted by atomic mass is 16.7. The molecule has 2 amide bonds. The van der Waals surface area contributed by atoms with E-state index in [1.54, 1.807) is 48.5 Å². The van der Waals surface area contributed by atoms with Gasteiger partial charge in [0.25, 0.3) is 11.8 Å². The quantitative estimate of drug-likeness (QED) is 0.632. The van der Waals surface area contributed by atoms with Gasteiger partial charge in [-0.3, -0.25) is 9.59 Å². The van der Waals surface area contributed by atoms with E-state index in [-0.39, 0.29) is 25.1 Å². The number of rotatable bonds is 5. The number of amides is 2. The fraction of sp³-hybridized carbons (Fsp3) is 0.130. The van der Waals surface area contributed by atoms with Gasteiger partial charge in [0.1, 0.15) is 5.75 Å². The molecule has 162 valence electrons. The van der Waals surface area contributed by atoms with Crippen LogP contribution in [0.25, 0.3) is 0 Å². The summed E-state index contributed by atoms with van der Waals surface area (Å²) in [6.07, 6.45) is 0. The van der Waals surface area contributed by atoms with E-state index in [0.29, 0.717) is 45.7 Å². The minimum atomic E-state index is -0.432. The minimum Gasteiger partial charge on any atom is -0.496 e. The number of hydrogen-bond donors (Lipinski definition) is 2. The predicted octanol–water partition coefficient (Wildman–Crippen LogP) is 3.66. The summed E-state index contributed by atoms with van der Waals surface area (Å²) in [4.78, 5) is 25.7. The van der Waals surface area contributed by atoms with E-state index in [2.05, 4.69) is 10.6 Å². The molecule has 3 aromatic carbocycles. The zero-order chi connectivity index (χ0) is 22.1. The third-order valence-corrected chi connectivity index (χ3v) is 4.97. The van der Waals surface area contributed by atoms with Crippen LogP contribution >= 0.6 is 0 Å². The molecule has 32 heavy (non-hydrogen) atoms. The Balaban J connectivity index is 1.36. The molecule has 5 rings (SSSR count). The molecule has 2 aliphatic heterocycles. The van der Waals surface area contributed by atoms with Crippen molar-refractivity contribution in [2.75, 3.05) is 31.3 Å². The second-order valence-electron chi connectivity index (χ2n) is 6.96. The maximum absolute atomic E-state index is 12.9. The molecule has 0 unspecified atom stereocenters. The summed E-state index contributed by atoms with van der Waals surface area (Å²) < 4.78 is 26.5. The van der Waals surface area contributed by atoms with E-state index >= 15 is 0 Å². The van der Waals surface area contributed by atoms with Crippen molar-refractivity contribution < 1.29 is 33.3 Å². The van der Waals surface area contributed by atoms with Gasteiger partial charge in [0, 0.05) is 29.1 Å². The van der Waals surface area contributed by atoms with E-state index in [0.717, 1.165) is 0 Å². The first-order valence-electron chi connectivity index (χ1n) is 9.71. The number of anilines is 2. The van der Waals surface area contributed by atoms with E-state index in [9.17, 15) is 9.59 Å². The number of nitrogens with one attached hydrogen (secondary N) is 2. The molecule has 2 aliphatic rings. The normalized spacial score (nSPS) is 12.9. The summed E-state index contributed by atoms with van der Waals surface area (Å²) in [5.74, 6) is 1.86. The number of ether oxygens (including phenoxy) is 5. The van der Waals surface area contributed by atoms with Gasteiger partial charge in [-0.1, -0.05) is 0 Å². The molecule has 2 N–H and O–H groups in total. The molecular weight excluding hydrogens is 416 g/mol. The zero-order valence-corrected chi connectivity index (χ0v) is 17.0. The van der Waals surface area contributed by atoms with Crippen molar-refractivity contribution in [3.8, 4) is 28.7 Å². The molecule has 0 radical (unpaired) electrons. The van der Waals surface area contributed by atoms with Crippen LogP contribution in [0.4, 0.5) is 11.4 Å². The highest BCUT2D eigenvalue weighted by Gasteiger charge is 2.19. The number of carbonyl (C=O) groups excluding carboxylic acids is 2. The molecule has 0 spiro atoms. The Labute approximate surface area is 182 Å². The summed E-state index contributed by atoms with van der Waals surface area (Å²) in [7, 11) is 1.46. The molecule has 2 heterocycles. The Morgan fingerprint density at radius 1 is 0.719 bits per heavy atom. The van der Waals surface area contributed by atoms with E-state index in [4.69, 9.17) is 23.7 Å². The van der Waals surface area contributed by atoms with Gasteiger partial charge in [0.2, 0.25) is 13.6 Å². The molecule has 0 saturated heterocycles. The van der Waals surface area contributed by atoms with Crippen LogP contribution in [0.2, 0.25) is 0 Å². The van der Waals surface area contributed by atoms with Gasteiger partial charge in [0.15, 0.2) is 23.0 Å². The summed E-state index contributed by atoms with van der Waals surface area (Å²) in [5, 5.41) is 5.58. The van der Waals surface area contributed by atoms with E-state index < -0.39 is 5.91 Å². The Kier molecular flexibility index (Phi) is 4.91. The topological polar surface area (TPSA) is 104 Å². The van der Waals surface area contributed by atoms with Gasteiger partial charge < -0.3 is 34.3 Å². The SMILES string of the molecule is COc1ccc(C(=O)Nc2ccc3c(c2)OCO3)cc1C(=O)Nc1ccc2c(c1)OCO2. The van der Waals surface area contributed by atoms with Gasteiger partial charge in [0.05, 0.1) is 12.7 Å². The lowest BCUT2D eigenvalue weighted by molar-refractivity contribution is 0.102. The molecule has 0 aliphatic carbocycles. The van der Waals surface area contributed by atoms with Crippen LogP contribution in [0.5, 0.6) is 28.7 Å². The van der Waals surface area contributed by atoms with Crippen molar-refractivity contribution in [3.63, 3.8) is 0 Å². The van der Waals surface area contributed by atoms with Crippen molar-refractivity contribution in [1.82, 2.24) is 0 Å². The van der Waals surface area contributed by atoms with Crippen LogP contribution in [0.15, 0.2) is 54.6 Å². The first kappa shape index (κ1) is 19.6. The molecule has 3 aromatic rings. The number of carbonyl (C=O) groups is 2. The average molecular weight is 434 g/mol. The molecule has 9 heteroatoms. The van der Waals surface area contributed by atoms with Crippen molar-refractivity contribution >= 4 is 23.2 Å². The van der Waals surface area contributed by atoms with Crippen molar-refractivity contribution in [2.24, 2.45) is 0 Å². The summed E-state index contributed by atoms with van der Waals surface area (Å²) in [5.41, 5.74) is 1.57. The average Bonchev–Trinajstić information content (AvgIpc) is 3.47. The fourth-order valence-corrected chi connectivity index (χ4v) is 3.38. The van der Waals surface area contributed by atoms with Crippen molar-refractivity contribution in [2.45, 2.75) is 0 Å². The smallest absolute Gasteiger partial charge is 0.259 e. The number of fused-ring (bicyclic) bond motifs is 2. The largest absolute Gasteiger partial charge is 0.496 e. The van der Waals surface area contributed by atoms with Crippen LogP contribution in [0, 0.1) is 0 Å². The Morgan fingerprint density at radius 3 is 1.88 bits per heavy atom. The third kappa shape index (κ3) is 3.71.